The largest absolute Gasteiger partial charge is 0.388 e. The third-order valence-corrected chi connectivity index (χ3v) is 4.83. The number of aliphatic hydroxyl groups is 1. The molecule has 1 rings (SSSR count). The first-order valence-electron chi connectivity index (χ1n) is 7.73. The number of hydrogen-bond donors (Lipinski definition) is 3. The predicted molar refractivity (Wildman–Crippen MR) is 77.7 cm³/mol. The van der Waals surface area contributed by atoms with Gasteiger partial charge in [0.1, 0.15) is 0 Å². The van der Waals surface area contributed by atoms with Crippen LogP contribution in [-0.2, 0) is 4.79 Å². The Bertz CT molecular complexity index is 280. The molecule has 0 heterocycles. The molecule has 0 atom stereocenters. The minimum atomic E-state index is -0.782. The molecule has 1 fully saturated rings. The molecular weight excluding hydrogens is 240 g/mol. The van der Waals surface area contributed by atoms with E-state index >= 15 is 0 Å². The summed E-state index contributed by atoms with van der Waals surface area (Å²) in [6.07, 6.45) is 7.62. The van der Waals surface area contributed by atoms with E-state index in [0.29, 0.717) is 25.9 Å². The van der Waals surface area contributed by atoms with Crippen molar-refractivity contribution in [1.82, 2.24) is 5.32 Å². The first-order valence-corrected chi connectivity index (χ1v) is 7.73. The molecule has 0 bridgehead atoms. The van der Waals surface area contributed by atoms with E-state index in [9.17, 15) is 9.90 Å². The van der Waals surface area contributed by atoms with Crippen LogP contribution in [0.4, 0.5) is 0 Å². The topological polar surface area (TPSA) is 75.3 Å². The molecule has 0 unspecified atom stereocenters. The number of amides is 1. The van der Waals surface area contributed by atoms with Crippen molar-refractivity contribution in [2.45, 2.75) is 70.8 Å². The van der Waals surface area contributed by atoms with Crippen molar-refractivity contribution in [3.05, 3.63) is 0 Å². The fourth-order valence-electron chi connectivity index (χ4n) is 2.86. The third kappa shape index (κ3) is 4.18. The van der Waals surface area contributed by atoms with E-state index in [1.54, 1.807) is 0 Å². The summed E-state index contributed by atoms with van der Waals surface area (Å²) in [5.74, 6) is 0.0391. The molecule has 0 spiro atoms. The Morgan fingerprint density at radius 1 is 1.21 bits per heavy atom. The SMILES string of the molecule is CCC(O)(CC)CNC(=O)C1(CN)CCCCCC1. The number of nitrogens with two attached hydrogens (primary N) is 1. The zero-order valence-electron chi connectivity index (χ0n) is 12.5. The van der Waals surface area contributed by atoms with Crippen LogP contribution in [0.25, 0.3) is 0 Å². The fourth-order valence-corrected chi connectivity index (χ4v) is 2.86. The molecule has 0 saturated heterocycles. The van der Waals surface area contributed by atoms with Crippen molar-refractivity contribution in [3.63, 3.8) is 0 Å². The third-order valence-electron chi connectivity index (χ3n) is 4.83. The van der Waals surface area contributed by atoms with Gasteiger partial charge in [-0.25, -0.2) is 0 Å². The zero-order chi connectivity index (χ0) is 14.4. The van der Waals surface area contributed by atoms with Gasteiger partial charge in [0.05, 0.1) is 11.0 Å². The van der Waals surface area contributed by atoms with Crippen LogP contribution >= 0.6 is 0 Å². The van der Waals surface area contributed by atoms with Gasteiger partial charge in [-0.3, -0.25) is 4.79 Å². The van der Waals surface area contributed by atoms with Crippen LogP contribution in [0.5, 0.6) is 0 Å². The summed E-state index contributed by atoms with van der Waals surface area (Å²) < 4.78 is 0. The molecule has 19 heavy (non-hydrogen) atoms. The second-order valence-electron chi connectivity index (χ2n) is 6.01. The molecule has 0 radical (unpaired) electrons. The van der Waals surface area contributed by atoms with Crippen molar-refractivity contribution in [3.8, 4) is 0 Å². The highest BCUT2D eigenvalue weighted by molar-refractivity contribution is 5.83. The lowest BCUT2D eigenvalue weighted by atomic mass is 9.79. The Balaban J connectivity index is 2.63. The molecule has 1 saturated carbocycles. The van der Waals surface area contributed by atoms with Crippen LogP contribution in [-0.4, -0.2) is 29.7 Å². The molecular formula is C15H30N2O2. The van der Waals surface area contributed by atoms with Crippen molar-refractivity contribution >= 4 is 5.91 Å². The summed E-state index contributed by atoms with van der Waals surface area (Å²) in [6, 6.07) is 0. The number of nitrogens with one attached hydrogen (secondary N) is 1. The molecule has 1 amide bonds. The van der Waals surface area contributed by atoms with Gasteiger partial charge >= 0.3 is 0 Å². The van der Waals surface area contributed by atoms with Crippen LogP contribution in [0, 0.1) is 5.41 Å². The van der Waals surface area contributed by atoms with Crippen molar-refractivity contribution in [2.75, 3.05) is 13.1 Å². The normalized spacial score (nSPS) is 19.8. The van der Waals surface area contributed by atoms with Gasteiger partial charge in [0.25, 0.3) is 0 Å². The maximum atomic E-state index is 12.5. The van der Waals surface area contributed by atoms with E-state index in [2.05, 4.69) is 5.32 Å². The first-order chi connectivity index (χ1) is 9.02. The van der Waals surface area contributed by atoms with E-state index in [4.69, 9.17) is 5.73 Å². The second kappa shape index (κ2) is 7.25. The average Bonchev–Trinajstić information content (AvgIpc) is 2.70. The summed E-state index contributed by atoms with van der Waals surface area (Å²) >= 11 is 0. The summed E-state index contributed by atoms with van der Waals surface area (Å²) in [5, 5.41) is 13.2. The van der Waals surface area contributed by atoms with E-state index < -0.39 is 11.0 Å². The monoisotopic (exact) mass is 270 g/mol. The van der Waals surface area contributed by atoms with E-state index in [-0.39, 0.29) is 5.91 Å². The van der Waals surface area contributed by atoms with Crippen molar-refractivity contribution < 1.29 is 9.90 Å². The molecule has 1 aliphatic carbocycles. The molecule has 0 aromatic carbocycles. The molecule has 4 heteroatoms. The summed E-state index contributed by atoms with van der Waals surface area (Å²) in [4.78, 5) is 12.5. The van der Waals surface area contributed by atoms with E-state index in [1.165, 1.54) is 12.8 Å². The molecule has 112 valence electrons. The number of carbonyl (C=O) groups excluding carboxylic acids is 1. The molecule has 4 N–H and O–H groups in total. The standard InChI is InChI=1S/C15H30N2O2/c1-3-15(19,4-2)12-17-13(18)14(11-16)9-7-5-6-8-10-14/h19H,3-12,16H2,1-2H3,(H,17,18). The van der Waals surface area contributed by atoms with Crippen LogP contribution in [0.2, 0.25) is 0 Å². The lowest BCUT2D eigenvalue weighted by Crippen LogP contribution is -2.50. The summed E-state index contributed by atoms with van der Waals surface area (Å²) in [7, 11) is 0. The van der Waals surface area contributed by atoms with Gasteiger partial charge in [-0.05, 0) is 25.7 Å². The Kier molecular flexibility index (Phi) is 6.27. The molecule has 0 aromatic rings. The zero-order valence-corrected chi connectivity index (χ0v) is 12.5. The molecule has 0 aromatic heterocycles. The minimum absolute atomic E-state index is 0.0391. The van der Waals surface area contributed by atoms with Gasteiger partial charge in [-0.15, -0.1) is 0 Å². The van der Waals surface area contributed by atoms with E-state index in [1.807, 2.05) is 13.8 Å². The van der Waals surface area contributed by atoms with Gasteiger partial charge < -0.3 is 16.2 Å². The van der Waals surface area contributed by atoms with Crippen LogP contribution in [0.1, 0.15) is 65.2 Å². The van der Waals surface area contributed by atoms with E-state index in [0.717, 1.165) is 25.7 Å². The molecule has 0 aliphatic heterocycles. The smallest absolute Gasteiger partial charge is 0.227 e. The minimum Gasteiger partial charge on any atom is -0.388 e. The average molecular weight is 270 g/mol. The Labute approximate surface area is 117 Å². The highest BCUT2D eigenvalue weighted by Gasteiger charge is 2.38. The van der Waals surface area contributed by atoms with Crippen molar-refractivity contribution in [1.29, 1.82) is 0 Å². The first kappa shape index (κ1) is 16.4. The summed E-state index contributed by atoms with van der Waals surface area (Å²) in [6.45, 7) is 4.64. The van der Waals surface area contributed by atoms with Gasteiger partial charge in [0.2, 0.25) is 5.91 Å². The maximum Gasteiger partial charge on any atom is 0.227 e. The number of carbonyl (C=O) groups is 1. The van der Waals surface area contributed by atoms with Gasteiger partial charge in [0, 0.05) is 13.1 Å². The van der Waals surface area contributed by atoms with Gasteiger partial charge in [0.15, 0.2) is 0 Å². The highest BCUT2D eigenvalue weighted by atomic mass is 16.3. The second-order valence-corrected chi connectivity index (χ2v) is 6.01. The Hall–Kier alpha value is -0.610. The van der Waals surface area contributed by atoms with Crippen LogP contribution < -0.4 is 11.1 Å². The van der Waals surface area contributed by atoms with Gasteiger partial charge in [-0.2, -0.15) is 0 Å². The predicted octanol–water partition coefficient (Wildman–Crippen LogP) is 1.95. The van der Waals surface area contributed by atoms with Gasteiger partial charge in [-0.1, -0.05) is 39.5 Å². The lowest BCUT2D eigenvalue weighted by molar-refractivity contribution is -0.132. The van der Waals surface area contributed by atoms with Crippen LogP contribution in [0.15, 0.2) is 0 Å². The highest BCUT2D eigenvalue weighted by Crippen LogP contribution is 2.34. The number of hydrogen-bond acceptors (Lipinski definition) is 3. The quantitative estimate of drug-likeness (QED) is 0.646. The van der Waals surface area contributed by atoms with Crippen molar-refractivity contribution in [2.24, 2.45) is 11.1 Å². The lowest BCUT2D eigenvalue weighted by Gasteiger charge is -2.32. The summed E-state index contributed by atoms with van der Waals surface area (Å²) in [5.41, 5.74) is 4.70. The molecule has 1 aliphatic rings. The fraction of sp³-hybridized carbons (Fsp3) is 0.933. The molecule has 4 nitrogen and oxygen atoms in total. The number of rotatable bonds is 6. The Morgan fingerprint density at radius 3 is 2.16 bits per heavy atom. The maximum absolute atomic E-state index is 12.5. The van der Waals surface area contributed by atoms with Crippen LogP contribution in [0.3, 0.4) is 0 Å². The Morgan fingerprint density at radius 2 is 1.74 bits per heavy atom.